The number of aromatic amines is 1. The molecule has 0 aliphatic carbocycles. The molecule has 1 aliphatic heterocycles. The summed E-state index contributed by atoms with van der Waals surface area (Å²) in [6.45, 7) is 0.656. The van der Waals surface area contributed by atoms with E-state index in [1.54, 1.807) is 6.20 Å². The van der Waals surface area contributed by atoms with Gasteiger partial charge in [-0.1, -0.05) is 46.3 Å². The summed E-state index contributed by atoms with van der Waals surface area (Å²) >= 11 is 3.48. The molecule has 0 bridgehead atoms. The molecule has 6 heteroatoms. The number of carbonyl (C=O) groups excluding carboxylic acids is 1. The minimum Gasteiger partial charge on any atom is -0.356 e. The zero-order valence-electron chi connectivity index (χ0n) is 15.4. The average Bonchev–Trinajstić information content (AvgIpc) is 3.20. The zero-order valence-corrected chi connectivity index (χ0v) is 17.0. The van der Waals surface area contributed by atoms with E-state index in [1.807, 2.05) is 36.4 Å². The van der Waals surface area contributed by atoms with Gasteiger partial charge in [0.25, 0.3) is 5.91 Å². The maximum atomic E-state index is 12.0. The minimum atomic E-state index is -0.0368. The second kappa shape index (κ2) is 7.29. The Bertz CT molecular complexity index is 1210. The first-order valence-electron chi connectivity index (χ1n) is 9.37. The van der Waals surface area contributed by atoms with Gasteiger partial charge < -0.3 is 10.3 Å². The van der Waals surface area contributed by atoms with Crippen LogP contribution in [0, 0.1) is 0 Å². The fraction of sp³-hybridized carbons (Fsp3) is 0.0870. The van der Waals surface area contributed by atoms with Gasteiger partial charge in [-0.3, -0.25) is 4.79 Å². The summed E-state index contributed by atoms with van der Waals surface area (Å²) in [6, 6.07) is 20.1. The molecule has 0 unspecified atom stereocenters. The number of hydrogen-bond acceptors (Lipinski definition) is 3. The summed E-state index contributed by atoms with van der Waals surface area (Å²) in [5.41, 5.74) is 6.45. The molecule has 3 heterocycles. The monoisotopic (exact) mass is 444 g/mol. The van der Waals surface area contributed by atoms with Crippen molar-refractivity contribution in [3.05, 3.63) is 82.6 Å². The molecule has 2 N–H and O–H groups in total. The third kappa shape index (κ3) is 3.47. The first-order valence-corrected chi connectivity index (χ1v) is 10.2. The highest BCUT2D eigenvalue weighted by molar-refractivity contribution is 9.10. The van der Waals surface area contributed by atoms with Crippen LogP contribution in [-0.2, 0) is 6.42 Å². The molecule has 5 rings (SSSR count). The molecule has 0 fully saturated rings. The number of aromatic nitrogens is 3. The van der Waals surface area contributed by atoms with E-state index < -0.39 is 0 Å². The number of nitrogens with zero attached hydrogens (tertiary/aromatic N) is 2. The zero-order chi connectivity index (χ0) is 19.8. The van der Waals surface area contributed by atoms with Crippen LogP contribution in [0.1, 0.15) is 16.1 Å². The number of benzene rings is 2. The standard InChI is InChI=1S/C23H17BrN4O/c24-17-6-4-14(5-7-17)15-2-1-3-16(12-15)22-25-10-9-20(28-22)21-13-18-19(27-21)8-11-26-23(18)29/h1-7,9-10,12-13,27H,8,11H2,(H,26,29). The highest BCUT2D eigenvalue weighted by atomic mass is 79.9. The van der Waals surface area contributed by atoms with Crippen molar-refractivity contribution in [3.8, 4) is 33.9 Å². The predicted molar refractivity (Wildman–Crippen MR) is 116 cm³/mol. The van der Waals surface area contributed by atoms with Gasteiger partial charge in [-0.2, -0.15) is 0 Å². The van der Waals surface area contributed by atoms with Crippen LogP contribution >= 0.6 is 15.9 Å². The number of H-pyrrole nitrogens is 1. The maximum Gasteiger partial charge on any atom is 0.253 e. The van der Waals surface area contributed by atoms with E-state index in [9.17, 15) is 4.79 Å². The molecule has 142 valence electrons. The highest BCUT2D eigenvalue weighted by Crippen LogP contribution is 2.28. The average molecular weight is 445 g/mol. The van der Waals surface area contributed by atoms with Crippen LogP contribution in [-0.4, -0.2) is 27.4 Å². The molecule has 4 aromatic rings. The van der Waals surface area contributed by atoms with Gasteiger partial charge in [0.2, 0.25) is 0 Å². The third-order valence-electron chi connectivity index (χ3n) is 5.03. The largest absolute Gasteiger partial charge is 0.356 e. The van der Waals surface area contributed by atoms with Gasteiger partial charge in [0, 0.05) is 34.9 Å². The van der Waals surface area contributed by atoms with E-state index in [2.05, 4.69) is 55.5 Å². The minimum absolute atomic E-state index is 0.0368. The Labute approximate surface area is 176 Å². The van der Waals surface area contributed by atoms with Gasteiger partial charge in [-0.25, -0.2) is 9.97 Å². The van der Waals surface area contributed by atoms with Crippen LogP contribution in [0.4, 0.5) is 0 Å². The molecule has 29 heavy (non-hydrogen) atoms. The van der Waals surface area contributed by atoms with Crippen LogP contribution in [0.3, 0.4) is 0 Å². The Kier molecular flexibility index (Phi) is 4.48. The lowest BCUT2D eigenvalue weighted by Crippen LogP contribution is -2.31. The second-order valence-corrected chi connectivity index (χ2v) is 7.85. The van der Waals surface area contributed by atoms with Gasteiger partial charge in [-0.15, -0.1) is 0 Å². The quantitative estimate of drug-likeness (QED) is 0.474. The van der Waals surface area contributed by atoms with Gasteiger partial charge in [0.1, 0.15) is 0 Å². The molecule has 0 radical (unpaired) electrons. The molecule has 0 saturated heterocycles. The molecular weight excluding hydrogens is 428 g/mol. The van der Waals surface area contributed by atoms with Crippen molar-refractivity contribution >= 4 is 21.8 Å². The fourth-order valence-electron chi connectivity index (χ4n) is 3.56. The molecule has 1 amide bonds. The number of rotatable bonds is 3. The number of halogens is 1. The molecule has 0 atom stereocenters. The topological polar surface area (TPSA) is 70.7 Å². The first kappa shape index (κ1) is 17.8. The number of hydrogen-bond donors (Lipinski definition) is 2. The van der Waals surface area contributed by atoms with Crippen LogP contribution in [0.15, 0.2) is 71.3 Å². The number of amides is 1. The fourth-order valence-corrected chi connectivity index (χ4v) is 3.82. The lowest BCUT2D eigenvalue weighted by Gasteiger charge is -2.10. The Balaban J connectivity index is 1.51. The highest BCUT2D eigenvalue weighted by Gasteiger charge is 2.20. The van der Waals surface area contributed by atoms with Crippen molar-refractivity contribution in [1.82, 2.24) is 20.3 Å². The van der Waals surface area contributed by atoms with Gasteiger partial charge >= 0.3 is 0 Å². The summed E-state index contributed by atoms with van der Waals surface area (Å²) in [5, 5.41) is 2.87. The summed E-state index contributed by atoms with van der Waals surface area (Å²) in [4.78, 5) is 24.6. The molecule has 1 aliphatic rings. The summed E-state index contributed by atoms with van der Waals surface area (Å²) in [6.07, 6.45) is 2.55. The van der Waals surface area contributed by atoms with E-state index in [-0.39, 0.29) is 5.91 Å². The van der Waals surface area contributed by atoms with E-state index in [1.165, 1.54) is 0 Å². The molecule has 2 aromatic heterocycles. The number of carbonyl (C=O) groups is 1. The Morgan fingerprint density at radius 2 is 1.76 bits per heavy atom. The number of fused-ring (bicyclic) bond motifs is 1. The smallest absolute Gasteiger partial charge is 0.253 e. The van der Waals surface area contributed by atoms with Crippen molar-refractivity contribution in [1.29, 1.82) is 0 Å². The lowest BCUT2D eigenvalue weighted by molar-refractivity contribution is 0.0946. The van der Waals surface area contributed by atoms with Gasteiger partial charge in [-0.05, 0) is 41.5 Å². The van der Waals surface area contributed by atoms with E-state index in [0.29, 0.717) is 17.9 Å². The lowest BCUT2D eigenvalue weighted by atomic mass is 10.0. The second-order valence-electron chi connectivity index (χ2n) is 6.93. The van der Waals surface area contributed by atoms with E-state index in [4.69, 9.17) is 4.98 Å². The summed E-state index contributed by atoms with van der Waals surface area (Å²) < 4.78 is 1.05. The van der Waals surface area contributed by atoms with Crippen LogP contribution in [0.2, 0.25) is 0 Å². The van der Waals surface area contributed by atoms with Crippen molar-refractivity contribution in [2.24, 2.45) is 0 Å². The Morgan fingerprint density at radius 1 is 0.931 bits per heavy atom. The van der Waals surface area contributed by atoms with E-state index >= 15 is 0 Å². The van der Waals surface area contributed by atoms with Crippen molar-refractivity contribution < 1.29 is 4.79 Å². The Hall–Kier alpha value is -3.25. The number of nitrogens with one attached hydrogen (secondary N) is 2. The SMILES string of the molecule is O=C1NCCc2[nH]c(-c3ccnc(-c4cccc(-c5ccc(Br)cc5)c4)n3)cc21. The van der Waals surface area contributed by atoms with Crippen molar-refractivity contribution in [2.45, 2.75) is 6.42 Å². The normalized spacial score (nSPS) is 13.1. The molecule has 0 saturated carbocycles. The maximum absolute atomic E-state index is 12.0. The van der Waals surface area contributed by atoms with Crippen molar-refractivity contribution in [3.63, 3.8) is 0 Å². The molecule has 5 nitrogen and oxygen atoms in total. The van der Waals surface area contributed by atoms with Gasteiger partial charge in [0.05, 0.1) is 17.0 Å². The summed E-state index contributed by atoms with van der Waals surface area (Å²) in [5.74, 6) is 0.615. The molecule has 0 spiro atoms. The summed E-state index contributed by atoms with van der Waals surface area (Å²) in [7, 11) is 0. The van der Waals surface area contributed by atoms with Crippen LogP contribution < -0.4 is 5.32 Å². The first-order chi connectivity index (χ1) is 14.2. The van der Waals surface area contributed by atoms with Crippen molar-refractivity contribution in [2.75, 3.05) is 6.54 Å². The van der Waals surface area contributed by atoms with Crippen LogP contribution in [0.25, 0.3) is 33.9 Å². The molecule has 2 aromatic carbocycles. The Morgan fingerprint density at radius 3 is 2.59 bits per heavy atom. The van der Waals surface area contributed by atoms with Gasteiger partial charge in [0.15, 0.2) is 5.82 Å². The molecular formula is C23H17BrN4O. The predicted octanol–water partition coefficient (Wildman–Crippen LogP) is 4.85. The van der Waals surface area contributed by atoms with Crippen LogP contribution in [0.5, 0.6) is 0 Å². The third-order valence-corrected chi connectivity index (χ3v) is 5.56. The van der Waals surface area contributed by atoms with E-state index in [0.717, 1.165) is 44.7 Å².